The van der Waals surface area contributed by atoms with E-state index in [0.29, 0.717) is 17.9 Å². The number of likely N-dealkylation sites (N-methyl/N-ethyl adjacent to an activating group) is 1. The summed E-state index contributed by atoms with van der Waals surface area (Å²) in [5, 5.41) is 4.66. The predicted octanol–water partition coefficient (Wildman–Crippen LogP) is 2.25. The number of amidine groups is 1. The summed E-state index contributed by atoms with van der Waals surface area (Å²) in [4.78, 5) is 18.1. The van der Waals surface area contributed by atoms with Crippen molar-refractivity contribution in [3.63, 3.8) is 0 Å². The maximum Gasteiger partial charge on any atom is 0.222 e. The largest absolute Gasteiger partial charge is 0.360 e. The topological polar surface area (TPSA) is 44.7 Å². The SMILES string of the molecule is CN1CC(NC2=NCC3(CCCCC3)CS2)CCC1=O. The molecule has 1 N–H and O–H groups in total. The number of nitrogens with zero attached hydrogens (tertiary/aromatic N) is 2. The van der Waals surface area contributed by atoms with Gasteiger partial charge in [-0.2, -0.15) is 0 Å². The molecule has 1 atom stereocenters. The highest BCUT2D eigenvalue weighted by molar-refractivity contribution is 8.13. The lowest BCUT2D eigenvalue weighted by molar-refractivity contribution is -0.132. The first-order chi connectivity index (χ1) is 9.67. The van der Waals surface area contributed by atoms with Crippen molar-refractivity contribution in [1.29, 1.82) is 0 Å². The van der Waals surface area contributed by atoms with Crippen LogP contribution in [-0.2, 0) is 4.79 Å². The predicted molar refractivity (Wildman–Crippen MR) is 84.1 cm³/mol. The Morgan fingerprint density at radius 2 is 2.15 bits per heavy atom. The fraction of sp³-hybridized carbons (Fsp3) is 0.867. The van der Waals surface area contributed by atoms with Gasteiger partial charge >= 0.3 is 0 Å². The molecule has 0 aromatic carbocycles. The van der Waals surface area contributed by atoms with Gasteiger partial charge in [0, 0.05) is 38.4 Å². The zero-order valence-corrected chi connectivity index (χ0v) is 13.2. The second kappa shape index (κ2) is 5.96. The highest BCUT2D eigenvalue weighted by Crippen LogP contribution is 2.41. The van der Waals surface area contributed by atoms with Gasteiger partial charge in [-0.15, -0.1) is 0 Å². The molecule has 3 aliphatic rings. The van der Waals surface area contributed by atoms with Crippen LogP contribution in [-0.4, -0.2) is 47.9 Å². The summed E-state index contributed by atoms with van der Waals surface area (Å²) in [5.41, 5.74) is 0.493. The molecule has 4 nitrogen and oxygen atoms in total. The number of carbonyl (C=O) groups excluding carboxylic acids is 1. The minimum atomic E-state index is 0.266. The molecule has 1 aliphatic carbocycles. The van der Waals surface area contributed by atoms with E-state index in [-0.39, 0.29) is 5.91 Å². The van der Waals surface area contributed by atoms with Crippen LogP contribution in [0.5, 0.6) is 0 Å². The molecule has 1 saturated heterocycles. The average Bonchev–Trinajstić information content (AvgIpc) is 2.47. The van der Waals surface area contributed by atoms with E-state index in [9.17, 15) is 4.79 Å². The van der Waals surface area contributed by atoms with Gasteiger partial charge in [0.2, 0.25) is 5.91 Å². The molecule has 1 spiro atoms. The minimum Gasteiger partial charge on any atom is -0.360 e. The lowest BCUT2D eigenvalue weighted by atomic mass is 9.75. The number of nitrogens with one attached hydrogen (secondary N) is 1. The maximum absolute atomic E-state index is 11.5. The minimum absolute atomic E-state index is 0.266. The highest BCUT2D eigenvalue weighted by Gasteiger charge is 2.35. The van der Waals surface area contributed by atoms with Crippen LogP contribution in [0.3, 0.4) is 0 Å². The van der Waals surface area contributed by atoms with Crippen LogP contribution in [0, 0.1) is 5.41 Å². The third-order valence-electron chi connectivity index (χ3n) is 4.94. The van der Waals surface area contributed by atoms with Crippen molar-refractivity contribution in [3.05, 3.63) is 0 Å². The number of rotatable bonds is 1. The summed E-state index contributed by atoms with van der Waals surface area (Å²) in [5.74, 6) is 1.49. The van der Waals surface area contributed by atoms with E-state index < -0.39 is 0 Å². The standard InChI is InChI=1S/C15H25N3OS/c1-18-9-12(5-6-13(18)19)17-14-16-10-15(11-20-14)7-3-2-4-8-15/h12H,2-11H2,1H3,(H,16,17). The summed E-state index contributed by atoms with van der Waals surface area (Å²) in [6.07, 6.45) is 8.49. The van der Waals surface area contributed by atoms with Gasteiger partial charge in [-0.1, -0.05) is 31.0 Å². The Morgan fingerprint density at radius 3 is 2.80 bits per heavy atom. The van der Waals surface area contributed by atoms with Crippen molar-refractivity contribution in [2.45, 2.75) is 51.0 Å². The van der Waals surface area contributed by atoms with Crippen molar-refractivity contribution in [1.82, 2.24) is 10.2 Å². The molecule has 0 aromatic rings. The molecule has 0 aromatic heterocycles. The van der Waals surface area contributed by atoms with Crippen molar-refractivity contribution in [2.75, 3.05) is 25.9 Å². The number of thioether (sulfide) groups is 1. The molecule has 112 valence electrons. The number of hydrogen-bond donors (Lipinski definition) is 1. The fourth-order valence-corrected chi connectivity index (χ4v) is 4.78. The molecule has 2 aliphatic heterocycles. The zero-order chi connectivity index (χ0) is 14.0. The Kier molecular flexibility index (Phi) is 4.24. The molecule has 0 bridgehead atoms. The molecule has 5 heteroatoms. The van der Waals surface area contributed by atoms with Crippen molar-refractivity contribution in [3.8, 4) is 0 Å². The van der Waals surface area contributed by atoms with Gasteiger partial charge in [0.15, 0.2) is 5.17 Å². The third-order valence-corrected chi connectivity index (χ3v) is 6.22. The van der Waals surface area contributed by atoms with Crippen LogP contribution in [0.15, 0.2) is 4.99 Å². The van der Waals surface area contributed by atoms with E-state index >= 15 is 0 Å². The van der Waals surface area contributed by atoms with Gasteiger partial charge in [0.25, 0.3) is 0 Å². The van der Waals surface area contributed by atoms with Gasteiger partial charge in [-0.05, 0) is 24.7 Å². The Hall–Kier alpha value is -0.710. The molecule has 2 heterocycles. The van der Waals surface area contributed by atoms with E-state index in [4.69, 9.17) is 4.99 Å². The lowest BCUT2D eigenvalue weighted by Gasteiger charge is -2.39. The quantitative estimate of drug-likeness (QED) is 0.807. The van der Waals surface area contributed by atoms with E-state index in [2.05, 4.69) is 5.32 Å². The number of likely N-dealkylation sites (tertiary alicyclic amines) is 1. The molecule has 20 heavy (non-hydrogen) atoms. The molecular weight excluding hydrogens is 270 g/mol. The Bertz CT molecular complexity index is 404. The summed E-state index contributed by atoms with van der Waals surface area (Å²) in [7, 11) is 1.89. The van der Waals surface area contributed by atoms with E-state index in [0.717, 1.165) is 24.7 Å². The molecule has 1 unspecified atom stereocenters. The molecule has 0 radical (unpaired) electrons. The summed E-state index contributed by atoms with van der Waals surface area (Å²) >= 11 is 1.90. The van der Waals surface area contributed by atoms with Crippen LogP contribution in [0.25, 0.3) is 0 Å². The average molecular weight is 295 g/mol. The van der Waals surface area contributed by atoms with Gasteiger partial charge in [-0.25, -0.2) is 0 Å². The van der Waals surface area contributed by atoms with Gasteiger partial charge in [0.1, 0.15) is 0 Å². The highest BCUT2D eigenvalue weighted by atomic mass is 32.2. The third kappa shape index (κ3) is 3.13. The number of carbonyl (C=O) groups is 1. The Labute approximate surface area is 125 Å². The number of piperidine rings is 1. The fourth-order valence-electron chi connectivity index (χ4n) is 3.55. The second-order valence-corrected chi connectivity index (χ2v) is 7.59. The van der Waals surface area contributed by atoms with Crippen molar-refractivity contribution >= 4 is 22.8 Å². The van der Waals surface area contributed by atoms with Crippen molar-refractivity contribution < 1.29 is 4.79 Å². The molecule has 3 rings (SSSR count). The molecule has 2 fully saturated rings. The van der Waals surface area contributed by atoms with Crippen molar-refractivity contribution in [2.24, 2.45) is 10.4 Å². The normalized spacial score (nSPS) is 30.2. The van der Waals surface area contributed by atoms with Gasteiger partial charge in [0.05, 0.1) is 0 Å². The first kappa shape index (κ1) is 14.2. The zero-order valence-electron chi connectivity index (χ0n) is 12.4. The van der Waals surface area contributed by atoms with Crippen LogP contribution in [0.1, 0.15) is 44.9 Å². The first-order valence-electron chi connectivity index (χ1n) is 7.85. The summed E-state index contributed by atoms with van der Waals surface area (Å²) < 4.78 is 0. The monoisotopic (exact) mass is 295 g/mol. The molecule has 1 saturated carbocycles. The van der Waals surface area contributed by atoms with E-state index in [1.807, 2.05) is 23.7 Å². The maximum atomic E-state index is 11.5. The lowest BCUT2D eigenvalue weighted by Crippen LogP contribution is -2.49. The Morgan fingerprint density at radius 1 is 1.35 bits per heavy atom. The molecule has 1 amide bonds. The van der Waals surface area contributed by atoms with Gasteiger partial charge < -0.3 is 10.2 Å². The van der Waals surface area contributed by atoms with E-state index in [1.165, 1.54) is 37.9 Å². The number of amides is 1. The van der Waals surface area contributed by atoms with E-state index in [1.54, 1.807) is 0 Å². The van der Waals surface area contributed by atoms with Crippen LogP contribution < -0.4 is 5.32 Å². The number of aliphatic imine (C=N–C) groups is 1. The summed E-state index contributed by atoms with van der Waals surface area (Å²) in [6, 6.07) is 0.379. The van der Waals surface area contributed by atoms with Crippen LogP contribution >= 0.6 is 11.8 Å². The number of hydrogen-bond acceptors (Lipinski definition) is 4. The van der Waals surface area contributed by atoms with Gasteiger partial charge in [-0.3, -0.25) is 9.79 Å². The smallest absolute Gasteiger partial charge is 0.222 e. The second-order valence-electron chi connectivity index (χ2n) is 6.62. The molecular formula is C15H25N3OS. The Balaban J connectivity index is 1.53. The summed E-state index contributed by atoms with van der Waals surface area (Å²) in [6.45, 7) is 1.81. The first-order valence-corrected chi connectivity index (χ1v) is 8.83. The van der Waals surface area contributed by atoms with Crippen LogP contribution in [0.2, 0.25) is 0 Å². The van der Waals surface area contributed by atoms with Crippen LogP contribution in [0.4, 0.5) is 0 Å².